The Morgan fingerprint density at radius 3 is 2.11 bits per heavy atom. The van der Waals surface area contributed by atoms with E-state index in [0.717, 1.165) is 24.3 Å². The van der Waals surface area contributed by atoms with E-state index in [0.29, 0.717) is 5.92 Å². The van der Waals surface area contributed by atoms with Crippen LogP contribution in [-0.4, -0.2) is 22.3 Å². The number of aliphatic hydroxyl groups is 1. The van der Waals surface area contributed by atoms with E-state index < -0.39 is 6.29 Å². The molecule has 3 heteroatoms. The summed E-state index contributed by atoms with van der Waals surface area (Å²) in [4.78, 5) is 0. The molecule has 1 aliphatic carbocycles. The average Bonchev–Trinajstić information content (AvgIpc) is 2.60. The van der Waals surface area contributed by atoms with Crippen LogP contribution in [0.4, 0.5) is 0 Å². The highest BCUT2D eigenvalue weighted by atomic mass is 16.6. The van der Waals surface area contributed by atoms with E-state index in [1.165, 1.54) is 44.1 Å². The van der Waals surface area contributed by atoms with Gasteiger partial charge < -0.3 is 15.2 Å². The number of rotatable bonds is 6. The van der Waals surface area contributed by atoms with Gasteiger partial charge in [-0.15, -0.1) is 0 Å². The van der Waals surface area contributed by atoms with Gasteiger partial charge in [0.25, 0.3) is 0 Å². The van der Waals surface area contributed by atoms with Gasteiger partial charge in [0.05, 0.1) is 6.10 Å². The first-order valence-electron chi connectivity index (χ1n) is 11.4. The summed E-state index contributed by atoms with van der Waals surface area (Å²) >= 11 is 0. The largest absolute Gasteiger partial charge is 0.364 e. The Morgan fingerprint density at radius 2 is 1.57 bits per heavy atom. The van der Waals surface area contributed by atoms with Crippen molar-refractivity contribution in [1.29, 1.82) is 0 Å². The van der Waals surface area contributed by atoms with Crippen molar-refractivity contribution < 1.29 is 9.84 Å². The number of benzene rings is 1. The SMILES string of the molecule is CCCC1CCC(c2ccc(C(O)OC3CC(C)(C)NC(C)(C)C3)cc2)CC1. The first-order chi connectivity index (χ1) is 13.2. The van der Waals surface area contributed by atoms with Crippen molar-refractivity contribution in [2.75, 3.05) is 0 Å². The zero-order valence-corrected chi connectivity index (χ0v) is 18.6. The maximum absolute atomic E-state index is 10.7. The molecule has 0 amide bonds. The number of hydrogen-bond acceptors (Lipinski definition) is 3. The van der Waals surface area contributed by atoms with E-state index in [1.807, 2.05) is 0 Å². The number of piperidine rings is 1. The summed E-state index contributed by atoms with van der Waals surface area (Å²) in [6.07, 6.45) is 9.09. The predicted molar refractivity (Wildman–Crippen MR) is 116 cm³/mol. The molecule has 1 unspecified atom stereocenters. The van der Waals surface area contributed by atoms with Gasteiger partial charge in [0.1, 0.15) is 0 Å². The zero-order chi connectivity index (χ0) is 20.4. The molecule has 3 nitrogen and oxygen atoms in total. The zero-order valence-electron chi connectivity index (χ0n) is 18.6. The second-order valence-corrected chi connectivity index (χ2v) is 10.6. The molecule has 2 aliphatic rings. The molecule has 0 bridgehead atoms. The molecule has 1 heterocycles. The molecule has 3 rings (SSSR count). The number of ether oxygens (including phenoxy) is 1. The van der Waals surface area contributed by atoms with Gasteiger partial charge >= 0.3 is 0 Å². The van der Waals surface area contributed by atoms with Crippen molar-refractivity contribution in [3.8, 4) is 0 Å². The second kappa shape index (κ2) is 8.85. The van der Waals surface area contributed by atoms with Gasteiger partial charge in [-0.3, -0.25) is 0 Å². The fraction of sp³-hybridized carbons (Fsp3) is 0.760. The smallest absolute Gasteiger partial charge is 0.181 e. The van der Waals surface area contributed by atoms with Crippen LogP contribution >= 0.6 is 0 Å². The van der Waals surface area contributed by atoms with Gasteiger partial charge in [-0.2, -0.15) is 0 Å². The topological polar surface area (TPSA) is 41.5 Å². The van der Waals surface area contributed by atoms with Gasteiger partial charge in [0.2, 0.25) is 0 Å². The van der Waals surface area contributed by atoms with Crippen LogP contribution in [-0.2, 0) is 4.74 Å². The minimum Gasteiger partial charge on any atom is -0.364 e. The van der Waals surface area contributed by atoms with E-state index in [9.17, 15) is 5.11 Å². The third kappa shape index (κ3) is 5.81. The van der Waals surface area contributed by atoms with Crippen LogP contribution in [0.1, 0.15) is 109 Å². The summed E-state index contributed by atoms with van der Waals surface area (Å²) < 4.78 is 6.09. The first-order valence-corrected chi connectivity index (χ1v) is 11.4. The van der Waals surface area contributed by atoms with Crippen LogP contribution < -0.4 is 5.32 Å². The fourth-order valence-corrected chi connectivity index (χ4v) is 5.71. The summed E-state index contributed by atoms with van der Waals surface area (Å²) in [5.41, 5.74) is 2.34. The molecular formula is C25H41NO2. The van der Waals surface area contributed by atoms with Crippen LogP contribution in [0.2, 0.25) is 0 Å². The summed E-state index contributed by atoms with van der Waals surface area (Å²) in [6, 6.07) is 8.55. The van der Waals surface area contributed by atoms with E-state index in [2.05, 4.69) is 64.2 Å². The first kappa shape index (κ1) is 21.8. The van der Waals surface area contributed by atoms with Crippen LogP contribution in [0.5, 0.6) is 0 Å². The molecule has 2 N–H and O–H groups in total. The van der Waals surface area contributed by atoms with Gasteiger partial charge in [0, 0.05) is 16.6 Å². The van der Waals surface area contributed by atoms with Crippen LogP contribution in [0.3, 0.4) is 0 Å². The number of nitrogens with one attached hydrogen (secondary N) is 1. The van der Waals surface area contributed by atoms with Crippen molar-refractivity contribution in [1.82, 2.24) is 5.32 Å². The lowest BCUT2D eigenvalue weighted by Gasteiger charge is -2.46. The lowest BCUT2D eigenvalue weighted by atomic mass is 9.77. The Balaban J connectivity index is 1.56. The third-order valence-electron chi connectivity index (χ3n) is 6.71. The average molecular weight is 388 g/mol. The minimum absolute atomic E-state index is 0.0204. The van der Waals surface area contributed by atoms with E-state index in [4.69, 9.17) is 4.74 Å². The normalized spacial score (nSPS) is 28.8. The van der Waals surface area contributed by atoms with E-state index in [1.54, 1.807) is 0 Å². The highest BCUT2D eigenvalue weighted by Gasteiger charge is 2.39. The summed E-state index contributed by atoms with van der Waals surface area (Å²) in [5, 5.41) is 14.3. The van der Waals surface area contributed by atoms with Gasteiger partial charge in [-0.1, -0.05) is 44.0 Å². The maximum Gasteiger partial charge on any atom is 0.181 e. The van der Waals surface area contributed by atoms with Crippen molar-refractivity contribution in [3.05, 3.63) is 35.4 Å². The molecule has 2 fully saturated rings. The standard InChI is InChI=1S/C25H41NO2/c1-6-7-18-8-10-19(11-9-18)20-12-14-21(15-13-20)23(27)28-22-16-24(2,3)26-25(4,5)17-22/h12-15,18-19,22-23,26-27H,6-11,16-17H2,1-5H3. The molecule has 1 aliphatic heterocycles. The van der Waals surface area contributed by atoms with Crippen LogP contribution in [0.25, 0.3) is 0 Å². The highest BCUT2D eigenvalue weighted by molar-refractivity contribution is 5.26. The summed E-state index contributed by atoms with van der Waals surface area (Å²) in [5.74, 6) is 1.63. The van der Waals surface area contributed by atoms with Crippen molar-refractivity contribution >= 4 is 0 Å². The monoisotopic (exact) mass is 387 g/mol. The van der Waals surface area contributed by atoms with Crippen molar-refractivity contribution in [2.24, 2.45) is 5.92 Å². The maximum atomic E-state index is 10.7. The Morgan fingerprint density at radius 1 is 1.00 bits per heavy atom. The quantitative estimate of drug-likeness (QED) is 0.581. The number of aliphatic hydroxyl groups excluding tert-OH is 1. The Hall–Kier alpha value is -0.900. The van der Waals surface area contributed by atoms with E-state index >= 15 is 0 Å². The summed E-state index contributed by atoms with van der Waals surface area (Å²) in [6.45, 7) is 11.1. The molecule has 28 heavy (non-hydrogen) atoms. The Bertz CT molecular complexity index is 598. The third-order valence-corrected chi connectivity index (χ3v) is 6.71. The highest BCUT2D eigenvalue weighted by Crippen LogP contribution is 2.38. The lowest BCUT2D eigenvalue weighted by molar-refractivity contribution is -0.161. The molecule has 1 saturated carbocycles. The molecular weight excluding hydrogens is 346 g/mol. The van der Waals surface area contributed by atoms with Gasteiger partial charge in [0.15, 0.2) is 6.29 Å². The Kier molecular flexibility index (Phi) is 6.89. The fourth-order valence-electron chi connectivity index (χ4n) is 5.71. The summed E-state index contributed by atoms with van der Waals surface area (Å²) in [7, 11) is 0. The molecule has 0 radical (unpaired) electrons. The lowest BCUT2D eigenvalue weighted by Crippen LogP contribution is -2.59. The molecule has 1 aromatic carbocycles. The molecule has 0 spiro atoms. The second-order valence-electron chi connectivity index (χ2n) is 10.6. The predicted octanol–water partition coefficient (Wildman–Crippen LogP) is 6.08. The van der Waals surface area contributed by atoms with Gasteiger partial charge in [-0.25, -0.2) is 0 Å². The van der Waals surface area contributed by atoms with Gasteiger partial charge in [-0.05, 0) is 83.6 Å². The number of hydrogen-bond donors (Lipinski definition) is 2. The minimum atomic E-state index is -0.843. The Labute approximate surface area is 172 Å². The van der Waals surface area contributed by atoms with Crippen molar-refractivity contribution in [3.63, 3.8) is 0 Å². The molecule has 1 saturated heterocycles. The van der Waals surface area contributed by atoms with E-state index in [-0.39, 0.29) is 17.2 Å². The molecule has 1 aromatic rings. The molecule has 1 atom stereocenters. The molecule has 158 valence electrons. The van der Waals surface area contributed by atoms with Crippen molar-refractivity contribution in [2.45, 2.75) is 115 Å². The van der Waals surface area contributed by atoms with Crippen LogP contribution in [0, 0.1) is 5.92 Å². The molecule has 0 aromatic heterocycles. The van der Waals surface area contributed by atoms with Crippen LogP contribution in [0.15, 0.2) is 24.3 Å².